The van der Waals surface area contributed by atoms with Crippen LogP contribution >= 0.6 is 0 Å². The lowest BCUT2D eigenvalue weighted by Crippen LogP contribution is -2.42. The highest BCUT2D eigenvalue weighted by molar-refractivity contribution is 5.97. The fraction of sp³-hybridized carbons (Fsp3) is 0.250. The second-order valence-electron chi connectivity index (χ2n) is 4.99. The van der Waals surface area contributed by atoms with Gasteiger partial charge in [-0.15, -0.1) is 5.92 Å². The summed E-state index contributed by atoms with van der Waals surface area (Å²) in [5.41, 5.74) is 0.0219. The van der Waals surface area contributed by atoms with Crippen LogP contribution in [0.3, 0.4) is 0 Å². The lowest BCUT2D eigenvalue weighted by atomic mass is 10.1. The molecule has 0 bridgehead atoms. The molecule has 0 fully saturated rings. The monoisotopic (exact) mass is 270 g/mol. The van der Waals surface area contributed by atoms with Crippen LogP contribution < -0.4 is 5.32 Å². The average molecular weight is 270 g/mol. The molecule has 1 heterocycles. The molecule has 4 heteroatoms. The largest absolute Gasteiger partial charge is 0.336 e. The maximum absolute atomic E-state index is 13.5. The molecular formula is C16H15FN2O. The number of hydrogen-bond donors (Lipinski definition) is 1. The van der Waals surface area contributed by atoms with Crippen molar-refractivity contribution in [3.05, 3.63) is 41.8 Å². The third-order valence-corrected chi connectivity index (χ3v) is 2.79. The zero-order valence-electron chi connectivity index (χ0n) is 11.6. The van der Waals surface area contributed by atoms with E-state index in [0.29, 0.717) is 10.9 Å². The Hall–Kier alpha value is -2.41. The van der Waals surface area contributed by atoms with Gasteiger partial charge in [-0.25, -0.2) is 4.39 Å². The minimum Gasteiger partial charge on any atom is -0.336 e. The first-order chi connectivity index (χ1) is 9.43. The molecule has 0 aliphatic rings. The summed E-state index contributed by atoms with van der Waals surface area (Å²) in [5.74, 6) is 5.00. The topological polar surface area (TPSA) is 42.0 Å². The third-order valence-electron chi connectivity index (χ3n) is 2.79. The van der Waals surface area contributed by atoms with Crippen LogP contribution in [-0.2, 0) is 0 Å². The van der Waals surface area contributed by atoms with E-state index in [4.69, 9.17) is 0 Å². The van der Waals surface area contributed by atoms with Gasteiger partial charge >= 0.3 is 0 Å². The number of halogens is 1. The van der Waals surface area contributed by atoms with E-state index in [1.54, 1.807) is 25.1 Å². The van der Waals surface area contributed by atoms with E-state index in [1.807, 2.05) is 13.8 Å². The van der Waals surface area contributed by atoms with Gasteiger partial charge in [0, 0.05) is 11.6 Å². The molecule has 102 valence electrons. The van der Waals surface area contributed by atoms with Crippen LogP contribution in [0.15, 0.2) is 30.5 Å². The molecule has 0 unspecified atom stereocenters. The molecule has 0 saturated heterocycles. The van der Waals surface area contributed by atoms with Crippen molar-refractivity contribution in [1.29, 1.82) is 0 Å². The van der Waals surface area contributed by atoms with Crippen molar-refractivity contribution in [3.8, 4) is 11.8 Å². The normalized spacial score (nSPS) is 10.8. The Morgan fingerprint density at radius 1 is 1.40 bits per heavy atom. The molecule has 0 spiro atoms. The number of benzene rings is 1. The molecule has 3 nitrogen and oxygen atoms in total. The highest BCUT2D eigenvalue weighted by Crippen LogP contribution is 2.16. The smallest absolute Gasteiger partial charge is 0.254 e. The fourth-order valence-electron chi connectivity index (χ4n) is 1.95. The Kier molecular flexibility index (Phi) is 3.71. The van der Waals surface area contributed by atoms with E-state index < -0.39 is 11.4 Å². The number of nitrogens with zero attached hydrogens (tertiary/aromatic N) is 1. The second kappa shape index (κ2) is 5.30. The van der Waals surface area contributed by atoms with Gasteiger partial charge in [0.15, 0.2) is 0 Å². The van der Waals surface area contributed by atoms with Crippen molar-refractivity contribution >= 4 is 16.8 Å². The van der Waals surface area contributed by atoms with Crippen molar-refractivity contribution in [2.45, 2.75) is 26.3 Å². The molecule has 0 aliphatic heterocycles. The zero-order chi connectivity index (χ0) is 14.8. The van der Waals surface area contributed by atoms with Gasteiger partial charge in [0.05, 0.1) is 11.1 Å². The number of nitrogens with one attached hydrogen (secondary N) is 1. The molecular weight excluding hydrogens is 255 g/mol. The quantitative estimate of drug-likeness (QED) is 0.853. The Morgan fingerprint density at radius 2 is 2.15 bits per heavy atom. The van der Waals surface area contributed by atoms with Gasteiger partial charge in [-0.1, -0.05) is 18.1 Å². The second-order valence-corrected chi connectivity index (χ2v) is 4.99. The summed E-state index contributed by atoms with van der Waals surface area (Å²) in [6.07, 6.45) is 1.37. The summed E-state index contributed by atoms with van der Waals surface area (Å²) in [7, 11) is 0. The maximum atomic E-state index is 13.5. The number of rotatable bonds is 2. The fourth-order valence-corrected chi connectivity index (χ4v) is 1.95. The van der Waals surface area contributed by atoms with Crippen molar-refractivity contribution in [2.24, 2.45) is 0 Å². The maximum Gasteiger partial charge on any atom is 0.254 e. The first-order valence-electron chi connectivity index (χ1n) is 6.23. The Morgan fingerprint density at radius 3 is 2.85 bits per heavy atom. The summed E-state index contributed by atoms with van der Waals surface area (Å²) in [4.78, 5) is 16.2. The van der Waals surface area contributed by atoms with Gasteiger partial charge in [-0.2, -0.15) is 0 Å². The van der Waals surface area contributed by atoms with E-state index in [0.717, 1.165) is 0 Å². The van der Waals surface area contributed by atoms with Crippen LogP contribution in [0.25, 0.3) is 10.9 Å². The molecule has 0 radical (unpaired) electrons. The number of para-hydroxylation sites is 1. The highest BCUT2D eigenvalue weighted by Gasteiger charge is 2.19. The van der Waals surface area contributed by atoms with E-state index in [2.05, 4.69) is 22.1 Å². The van der Waals surface area contributed by atoms with E-state index in [9.17, 15) is 9.18 Å². The minimum absolute atomic E-state index is 0.261. The summed E-state index contributed by atoms with van der Waals surface area (Å²) in [6.45, 7) is 5.35. The molecule has 2 aromatic rings. The summed E-state index contributed by atoms with van der Waals surface area (Å²) >= 11 is 0. The van der Waals surface area contributed by atoms with Gasteiger partial charge < -0.3 is 5.32 Å². The number of carbonyl (C=O) groups is 1. The van der Waals surface area contributed by atoms with Crippen LogP contribution in [0.2, 0.25) is 0 Å². The summed E-state index contributed by atoms with van der Waals surface area (Å²) < 4.78 is 13.5. The van der Waals surface area contributed by atoms with Crippen LogP contribution in [0, 0.1) is 17.7 Å². The zero-order valence-corrected chi connectivity index (χ0v) is 11.6. The minimum atomic E-state index is -0.622. The molecule has 2 rings (SSSR count). The highest BCUT2D eigenvalue weighted by atomic mass is 19.1. The first-order valence-corrected chi connectivity index (χ1v) is 6.23. The van der Waals surface area contributed by atoms with Gasteiger partial charge in [0.1, 0.15) is 11.3 Å². The molecule has 0 saturated carbocycles. The Bertz CT molecular complexity index is 726. The Labute approximate surface area is 117 Å². The summed E-state index contributed by atoms with van der Waals surface area (Å²) in [5, 5.41) is 3.40. The van der Waals surface area contributed by atoms with Gasteiger partial charge in [-0.05, 0) is 32.9 Å². The lowest BCUT2D eigenvalue weighted by molar-refractivity contribution is 0.0929. The van der Waals surface area contributed by atoms with Crippen LogP contribution in [0.5, 0.6) is 0 Å². The third kappa shape index (κ3) is 2.94. The SMILES string of the molecule is CC#CC(C)(C)NC(=O)c1cnc2c(F)cccc2c1. The molecule has 1 amide bonds. The molecule has 1 aromatic carbocycles. The molecule has 0 atom stereocenters. The predicted octanol–water partition coefficient (Wildman–Crippen LogP) is 2.91. The number of amides is 1. The van der Waals surface area contributed by atoms with Crippen LogP contribution in [0.1, 0.15) is 31.1 Å². The van der Waals surface area contributed by atoms with E-state index in [1.165, 1.54) is 12.3 Å². The standard InChI is InChI=1S/C16H15FN2O/c1-4-8-16(2,3)19-15(20)12-9-11-6-5-7-13(17)14(11)18-10-12/h5-7,9-10H,1-3H3,(H,19,20). The molecule has 1 N–H and O–H groups in total. The van der Waals surface area contributed by atoms with Crippen molar-refractivity contribution in [2.75, 3.05) is 0 Å². The predicted molar refractivity (Wildman–Crippen MR) is 76.7 cm³/mol. The van der Waals surface area contributed by atoms with Gasteiger partial charge in [-0.3, -0.25) is 9.78 Å². The number of fused-ring (bicyclic) bond motifs is 1. The van der Waals surface area contributed by atoms with Crippen molar-refractivity contribution < 1.29 is 9.18 Å². The number of hydrogen-bond acceptors (Lipinski definition) is 2. The Balaban J connectivity index is 2.33. The molecule has 1 aromatic heterocycles. The molecule has 0 aliphatic carbocycles. The van der Waals surface area contributed by atoms with Crippen molar-refractivity contribution in [3.63, 3.8) is 0 Å². The lowest BCUT2D eigenvalue weighted by Gasteiger charge is -2.19. The summed E-state index contributed by atoms with van der Waals surface area (Å²) in [6, 6.07) is 6.28. The van der Waals surface area contributed by atoms with Crippen LogP contribution in [0.4, 0.5) is 4.39 Å². The average Bonchev–Trinajstić information content (AvgIpc) is 2.38. The first kappa shape index (κ1) is 14.0. The number of pyridine rings is 1. The van der Waals surface area contributed by atoms with Gasteiger partial charge in [0.25, 0.3) is 5.91 Å². The van der Waals surface area contributed by atoms with Crippen LogP contribution in [-0.4, -0.2) is 16.4 Å². The molecule has 20 heavy (non-hydrogen) atoms. The number of carbonyl (C=O) groups excluding carboxylic acids is 1. The van der Waals surface area contributed by atoms with E-state index in [-0.39, 0.29) is 11.4 Å². The number of aromatic nitrogens is 1. The van der Waals surface area contributed by atoms with Gasteiger partial charge in [0.2, 0.25) is 0 Å². The van der Waals surface area contributed by atoms with Crippen molar-refractivity contribution in [1.82, 2.24) is 10.3 Å². The van der Waals surface area contributed by atoms with E-state index >= 15 is 0 Å².